The highest BCUT2D eigenvalue weighted by molar-refractivity contribution is 6.05. The molecule has 2 N–H and O–H groups in total. The van der Waals surface area contributed by atoms with Crippen LogP contribution in [-0.4, -0.2) is 70.5 Å². The molecule has 3 heterocycles. The third kappa shape index (κ3) is 7.34. The number of aryl methyl sites for hydroxylation is 1. The quantitative estimate of drug-likeness (QED) is 0.167. The lowest BCUT2D eigenvalue weighted by molar-refractivity contribution is -0.136. The molecule has 2 aliphatic carbocycles. The second-order valence-corrected chi connectivity index (χ2v) is 16.2. The maximum Gasteiger partial charge on any atom is 0.255 e. The second kappa shape index (κ2) is 15.2. The molecule has 3 aliphatic heterocycles. The van der Waals surface area contributed by atoms with Gasteiger partial charge in [-0.3, -0.25) is 19.7 Å². The predicted molar refractivity (Wildman–Crippen MR) is 208 cm³/mol. The van der Waals surface area contributed by atoms with Crippen LogP contribution in [0.25, 0.3) is 0 Å². The maximum atomic E-state index is 13.0. The van der Waals surface area contributed by atoms with Crippen molar-refractivity contribution in [3.05, 3.63) is 124 Å². The lowest BCUT2D eigenvalue weighted by Crippen LogP contribution is -2.52. The van der Waals surface area contributed by atoms with E-state index in [9.17, 15) is 19.5 Å². The summed E-state index contributed by atoms with van der Waals surface area (Å²) in [7, 11) is 0. The minimum Gasteiger partial charge on any atom is -0.508 e. The monoisotopic (exact) mass is 739 g/mol. The summed E-state index contributed by atoms with van der Waals surface area (Å²) in [6.45, 7) is 3.30. The molecule has 55 heavy (non-hydrogen) atoms. The summed E-state index contributed by atoms with van der Waals surface area (Å²) in [6, 6.07) is 31.0. The molecule has 0 aromatic heterocycles. The molecule has 1 saturated carbocycles. The second-order valence-electron chi connectivity index (χ2n) is 16.2. The van der Waals surface area contributed by atoms with E-state index < -0.39 is 11.9 Å². The Morgan fingerprint density at radius 3 is 2.33 bits per heavy atom. The van der Waals surface area contributed by atoms with Crippen molar-refractivity contribution in [3.63, 3.8) is 0 Å². The van der Waals surface area contributed by atoms with Gasteiger partial charge in [0, 0.05) is 43.3 Å². The maximum absolute atomic E-state index is 13.0. The summed E-state index contributed by atoms with van der Waals surface area (Å²) >= 11 is 0. The number of benzene rings is 4. The molecule has 284 valence electrons. The van der Waals surface area contributed by atoms with Crippen LogP contribution in [0.1, 0.15) is 101 Å². The molecule has 1 unspecified atom stereocenters. The number of amides is 3. The molecule has 4 aromatic rings. The van der Waals surface area contributed by atoms with Gasteiger partial charge in [0.15, 0.2) is 0 Å². The van der Waals surface area contributed by atoms with Crippen molar-refractivity contribution < 1.29 is 29.0 Å². The Kier molecular flexibility index (Phi) is 9.81. The Morgan fingerprint density at radius 2 is 1.55 bits per heavy atom. The van der Waals surface area contributed by atoms with Gasteiger partial charge in [-0.05, 0) is 134 Å². The molecule has 9 rings (SSSR count). The standard InChI is InChI=1S/C46H49N3O6/c50-35-9-14-40-32(24-35)8-13-39(30-4-2-1-3-5-30)44(40)31-6-10-36(11-7-31)54-23-20-29-18-21-48(22-19-29)34-26-38(27-34)55-37-12-15-41-33(25-37)28-49(46(41)53)42-16-17-43(51)47-45(42)52/h1-7,9-12,14-15,24-25,29,34,38-39,42,44,50H,8,13,16-23,26-28H2,(H,47,51,52)/t34?,38?,39-,42?,44+/m1/s1. The first kappa shape index (κ1) is 35.5. The molecule has 0 spiro atoms. The van der Waals surface area contributed by atoms with Crippen LogP contribution in [0.4, 0.5) is 0 Å². The normalized spacial score (nSPS) is 25.5. The number of nitrogens with zero attached hydrogens (tertiary/aromatic N) is 2. The topological polar surface area (TPSA) is 108 Å². The fourth-order valence-electron chi connectivity index (χ4n) is 9.75. The molecule has 0 radical (unpaired) electrons. The fraction of sp³-hybridized carbons (Fsp3) is 0.413. The van der Waals surface area contributed by atoms with E-state index in [0.29, 0.717) is 42.2 Å². The summed E-state index contributed by atoms with van der Waals surface area (Å²) in [5.74, 6) is 2.47. The van der Waals surface area contributed by atoms with Crippen LogP contribution in [0.5, 0.6) is 17.2 Å². The summed E-state index contributed by atoms with van der Waals surface area (Å²) in [6.07, 6.45) is 8.22. The summed E-state index contributed by atoms with van der Waals surface area (Å²) < 4.78 is 12.6. The summed E-state index contributed by atoms with van der Waals surface area (Å²) in [5.41, 5.74) is 6.67. The van der Waals surface area contributed by atoms with E-state index in [1.165, 1.54) is 35.1 Å². The number of piperidine rings is 2. The molecule has 0 bridgehead atoms. The van der Waals surface area contributed by atoms with Gasteiger partial charge in [-0.1, -0.05) is 48.5 Å². The van der Waals surface area contributed by atoms with Crippen LogP contribution in [0.2, 0.25) is 0 Å². The molecular formula is C46H49N3O6. The van der Waals surface area contributed by atoms with E-state index in [-0.39, 0.29) is 30.3 Å². The molecule has 2 saturated heterocycles. The molecule has 3 amide bonds. The van der Waals surface area contributed by atoms with Gasteiger partial charge in [-0.15, -0.1) is 0 Å². The number of aromatic hydroxyl groups is 1. The van der Waals surface area contributed by atoms with E-state index in [0.717, 1.165) is 68.9 Å². The lowest BCUT2D eigenvalue weighted by Gasteiger charge is -2.45. The number of fused-ring (bicyclic) bond motifs is 2. The van der Waals surface area contributed by atoms with Gasteiger partial charge in [0.1, 0.15) is 29.4 Å². The highest BCUT2D eigenvalue weighted by Crippen LogP contribution is 2.47. The van der Waals surface area contributed by atoms with Crippen molar-refractivity contribution in [2.75, 3.05) is 19.7 Å². The van der Waals surface area contributed by atoms with Crippen molar-refractivity contribution in [3.8, 4) is 17.2 Å². The van der Waals surface area contributed by atoms with Crippen LogP contribution in [0, 0.1) is 5.92 Å². The lowest BCUT2D eigenvalue weighted by atomic mass is 9.69. The average Bonchev–Trinajstić information content (AvgIpc) is 3.51. The Bertz CT molecular complexity index is 2050. The highest BCUT2D eigenvalue weighted by Gasteiger charge is 2.40. The van der Waals surface area contributed by atoms with Crippen LogP contribution < -0.4 is 14.8 Å². The molecular weight excluding hydrogens is 691 g/mol. The molecule has 5 aliphatic rings. The van der Waals surface area contributed by atoms with Crippen molar-refractivity contribution in [1.29, 1.82) is 0 Å². The van der Waals surface area contributed by atoms with Gasteiger partial charge in [-0.25, -0.2) is 0 Å². The molecule has 4 aromatic carbocycles. The molecule has 3 fully saturated rings. The minimum absolute atomic E-state index is 0.161. The van der Waals surface area contributed by atoms with E-state index in [1.54, 1.807) is 4.90 Å². The number of nitrogens with one attached hydrogen (secondary N) is 1. The van der Waals surface area contributed by atoms with Crippen molar-refractivity contribution in [1.82, 2.24) is 15.1 Å². The largest absolute Gasteiger partial charge is 0.508 e. The Morgan fingerprint density at radius 1 is 0.764 bits per heavy atom. The zero-order valence-electron chi connectivity index (χ0n) is 31.2. The SMILES string of the molecule is O=C1CCC(N2Cc3cc(OC4CC(N5CCC(CCOc6ccc([C@@H]7c8ccc(O)cc8CC[C@@H]7c7ccccc7)cc6)CC5)C4)ccc3C2=O)C(=O)N1. The number of ether oxygens (including phenoxy) is 2. The van der Waals surface area contributed by atoms with E-state index in [2.05, 4.69) is 70.9 Å². The van der Waals surface area contributed by atoms with Gasteiger partial charge < -0.3 is 24.4 Å². The first-order chi connectivity index (χ1) is 26.9. The summed E-state index contributed by atoms with van der Waals surface area (Å²) in [4.78, 5) is 41.2. The van der Waals surface area contributed by atoms with Gasteiger partial charge in [0.05, 0.1) is 6.61 Å². The van der Waals surface area contributed by atoms with E-state index >= 15 is 0 Å². The van der Waals surface area contributed by atoms with Crippen molar-refractivity contribution in [2.24, 2.45) is 5.92 Å². The van der Waals surface area contributed by atoms with E-state index in [1.807, 2.05) is 30.3 Å². The smallest absolute Gasteiger partial charge is 0.255 e. The molecule has 9 heteroatoms. The third-order valence-corrected chi connectivity index (χ3v) is 12.9. The summed E-state index contributed by atoms with van der Waals surface area (Å²) in [5, 5.41) is 12.5. The molecule has 9 nitrogen and oxygen atoms in total. The average molecular weight is 740 g/mol. The number of likely N-dealkylation sites (tertiary alicyclic amines) is 1. The van der Waals surface area contributed by atoms with Crippen LogP contribution in [0.15, 0.2) is 91.0 Å². The number of hydrogen-bond donors (Lipinski definition) is 2. The molecule has 3 atom stereocenters. The van der Waals surface area contributed by atoms with Gasteiger partial charge in [0.2, 0.25) is 11.8 Å². The van der Waals surface area contributed by atoms with Crippen LogP contribution >= 0.6 is 0 Å². The number of rotatable bonds is 10. The Hall–Kier alpha value is -5.15. The Labute approximate surface area is 322 Å². The third-order valence-electron chi connectivity index (χ3n) is 12.9. The number of carbonyl (C=O) groups excluding carboxylic acids is 3. The van der Waals surface area contributed by atoms with Crippen LogP contribution in [0.3, 0.4) is 0 Å². The fourth-order valence-corrected chi connectivity index (χ4v) is 9.75. The number of hydrogen-bond acceptors (Lipinski definition) is 7. The first-order valence-corrected chi connectivity index (χ1v) is 20.1. The zero-order chi connectivity index (χ0) is 37.5. The zero-order valence-corrected chi connectivity index (χ0v) is 31.2. The van der Waals surface area contributed by atoms with Gasteiger partial charge in [0.25, 0.3) is 5.91 Å². The number of phenolic OH excluding ortho intramolecular Hbond substituents is 1. The number of carbonyl (C=O) groups is 3. The van der Waals surface area contributed by atoms with Gasteiger partial charge in [-0.2, -0.15) is 0 Å². The van der Waals surface area contributed by atoms with E-state index in [4.69, 9.17) is 9.47 Å². The first-order valence-electron chi connectivity index (χ1n) is 20.1. The Balaban J connectivity index is 0.721. The van der Waals surface area contributed by atoms with Gasteiger partial charge >= 0.3 is 0 Å². The predicted octanol–water partition coefficient (Wildman–Crippen LogP) is 7.11. The van der Waals surface area contributed by atoms with Crippen LogP contribution in [-0.2, 0) is 22.6 Å². The minimum atomic E-state index is -0.609. The highest BCUT2D eigenvalue weighted by atomic mass is 16.5. The van der Waals surface area contributed by atoms with Crippen molar-refractivity contribution in [2.45, 2.75) is 94.4 Å². The van der Waals surface area contributed by atoms with Crippen molar-refractivity contribution >= 4 is 17.7 Å². The number of imide groups is 1. The number of phenols is 1.